The molecule has 0 saturated carbocycles. The van der Waals surface area contributed by atoms with Crippen LogP contribution in [0.1, 0.15) is 84.0 Å². The molecule has 0 radical (unpaired) electrons. The number of nitrogens with zero attached hydrogens (tertiary/aromatic N) is 1. The van der Waals surface area contributed by atoms with Crippen molar-refractivity contribution in [3.05, 3.63) is 12.2 Å². The van der Waals surface area contributed by atoms with Crippen LogP contribution in [-0.2, 0) is 9.09 Å². The van der Waals surface area contributed by atoms with Crippen LogP contribution in [0.3, 0.4) is 0 Å². The molecule has 148 valence electrons. The predicted molar refractivity (Wildman–Crippen MR) is 112 cm³/mol. The zero-order valence-electron chi connectivity index (χ0n) is 17.5. The first-order valence-electron chi connectivity index (χ1n) is 10.5. The molecule has 0 rings (SSSR count). The zero-order chi connectivity index (χ0) is 18.8. The molecule has 0 spiro atoms. The maximum atomic E-state index is 11.8. The minimum absolute atomic E-state index is 0.602. The second-order valence-corrected chi connectivity index (χ2v) is 9.51. The SMILES string of the molecule is CCCCCCC=CCCCCCCCC[P+](=O)OCC[N+](C)(C)C. The minimum atomic E-state index is -1.44. The van der Waals surface area contributed by atoms with E-state index in [4.69, 9.17) is 4.52 Å². The summed E-state index contributed by atoms with van der Waals surface area (Å²) in [6.45, 7) is 3.77. The Morgan fingerprint density at radius 2 is 1.32 bits per heavy atom. The van der Waals surface area contributed by atoms with Crippen molar-refractivity contribution in [3.8, 4) is 0 Å². The quantitative estimate of drug-likeness (QED) is 0.115. The van der Waals surface area contributed by atoms with Crippen molar-refractivity contribution in [2.75, 3.05) is 40.5 Å². The first-order valence-corrected chi connectivity index (χ1v) is 11.8. The third-order valence-corrected chi connectivity index (χ3v) is 5.50. The number of hydrogen-bond donors (Lipinski definition) is 0. The Kier molecular flexibility index (Phi) is 17.0. The van der Waals surface area contributed by atoms with E-state index in [1.54, 1.807) is 0 Å². The number of allylic oxidation sites excluding steroid dienone is 2. The van der Waals surface area contributed by atoms with E-state index >= 15 is 0 Å². The Hall–Kier alpha value is -0.240. The van der Waals surface area contributed by atoms with Crippen LogP contribution in [0.25, 0.3) is 0 Å². The molecule has 0 aliphatic rings. The molecular formula is C21H44NO2P+2. The molecule has 0 heterocycles. The van der Waals surface area contributed by atoms with E-state index < -0.39 is 8.03 Å². The van der Waals surface area contributed by atoms with Crippen LogP contribution in [0.4, 0.5) is 0 Å². The number of hydrogen-bond acceptors (Lipinski definition) is 2. The second-order valence-electron chi connectivity index (χ2n) is 8.13. The summed E-state index contributed by atoms with van der Waals surface area (Å²) in [4.78, 5) is 0. The summed E-state index contributed by atoms with van der Waals surface area (Å²) in [5.74, 6) is 0. The van der Waals surface area contributed by atoms with Gasteiger partial charge in [-0.25, -0.2) is 0 Å². The molecule has 0 bridgehead atoms. The average molecular weight is 374 g/mol. The van der Waals surface area contributed by atoms with Gasteiger partial charge in [-0.15, -0.1) is 4.52 Å². The largest absolute Gasteiger partial charge is 0.508 e. The fourth-order valence-electron chi connectivity index (χ4n) is 2.62. The van der Waals surface area contributed by atoms with Crippen molar-refractivity contribution in [1.82, 2.24) is 0 Å². The summed E-state index contributed by atoms with van der Waals surface area (Å²) in [5.41, 5.74) is 0. The molecule has 25 heavy (non-hydrogen) atoms. The molecule has 1 atom stereocenters. The summed E-state index contributed by atoms with van der Waals surface area (Å²) in [6, 6.07) is 0. The van der Waals surface area contributed by atoms with Gasteiger partial charge < -0.3 is 4.48 Å². The molecule has 0 aromatic rings. The molecule has 0 aliphatic carbocycles. The van der Waals surface area contributed by atoms with Gasteiger partial charge in [-0.05, 0) is 43.1 Å². The summed E-state index contributed by atoms with van der Waals surface area (Å²) in [6.07, 6.45) is 20.8. The van der Waals surface area contributed by atoms with Crippen LogP contribution in [0, 0.1) is 0 Å². The van der Waals surface area contributed by atoms with Gasteiger partial charge in [0.05, 0.1) is 21.1 Å². The molecule has 1 unspecified atom stereocenters. The van der Waals surface area contributed by atoms with E-state index in [-0.39, 0.29) is 0 Å². The molecule has 0 N–H and O–H groups in total. The minimum Gasteiger partial charge on any atom is -0.329 e. The van der Waals surface area contributed by atoms with Crippen molar-refractivity contribution < 1.29 is 13.6 Å². The van der Waals surface area contributed by atoms with Crippen LogP contribution < -0.4 is 0 Å². The molecule has 0 aromatic carbocycles. The summed E-state index contributed by atoms with van der Waals surface area (Å²) in [7, 11) is 4.93. The third kappa shape index (κ3) is 21.7. The van der Waals surface area contributed by atoms with Crippen molar-refractivity contribution >= 4 is 8.03 Å². The fraction of sp³-hybridized carbons (Fsp3) is 0.905. The molecule has 0 saturated heterocycles. The van der Waals surface area contributed by atoms with Gasteiger partial charge >= 0.3 is 8.03 Å². The molecule has 0 aliphatic heterocycles. The topological polar surface area (TPSA) is 26.3 Å². The number of unbranched alkanes of at least 4 members (excludes halogenated alkanes) is 10. The Bertz CT molecular complexity index is 337. The van der Waals surface area contributed by atoms with E-state index in [0.717, 1.165) is 23.6 Å². The van der Waals surface area contributed by atoms with Crippen LogP contribution >= 0.6 is 8.03 Å². The van der Waals surface area contributed by atoms with E-state index in [9.17, 15) is 4.57 Å². The molecule has 0 fully saturated rings. The first-order chi connectivity index (χ1) is 12.0. The number of quaternary nitrogens is 1. The van der Waals surface area contributed by atoms with E-state index in [1.165, 1.54) is 70.6 Å². The lowest BCUT2D eigenvalue weighted by Gasteiger charge is -2.21. The van der Waals surface area contributed by atoms with Gasteiger partial charge in [0, 0.05) is 0 Å². The number of rotatable bonds is 18. The lowest BCUT2D eigenvalue weighted by Crippen LogP contribution is -2.37. The average Bonchev–Trinajstić information content (AvgIpc) is 2.54. The maximum Gasteiger partial charge on any atom is 0.508 e. The standard InChI is InChI=1S/C21H44NO2P/c1-5-6-7-8-9-10-11-12-13-14-15-16-17-18-21-25(23)24-20-19-22(2,3)4/h10-11H,5-9,12-21H2,1-4H3/q+2. The summed E-state index contributed by atoms with van der Waals surface area (Å²) >= 11 is 0. The van der Waals surface area contributed by atoms with Gasteiger partial charge in [0.2, 0.25) is 0 Å². The highest BCUT2D eigenvalue weighted by Crippen LogP contribution is 2.24. The Morgan fingerprint density at radius 1 is 0.800 bits per heavy atom. The number of likely N-dealkylation sites (N-methyl/N-ethyl adjacent to an activating group) is 1. The fourth-order valence-corrected chi connectivity index (χ4v) is 3.51. The van der Waals surface area contributed by atoms with Crippen LogP contribution in [0.5, 0.6) is 0 Å². The predicted octanol–water partition coefficient (Wildman–Crippen LogP) is 6.71. The van der Waals surface area contributed by atoms with Gasteiger partial charge in [0.15, 0.2) is 12.8 Å². The Balaban J connectivity index is 3.25. The molecule has 3 nitrogen and oxygen atoms in total. The Morgan fingerprint density at radius 3 is 1.88 bits per heavy atom. The summed E-state index contributed by atoms with van der Waals surface area (Å²) < 4.78 is 18.0. The second kappa shape index (κ2) is 17.2. The lowest BCUT2D eigenvalue weighted by molar-refractivity contribution is -0.870. The smallest absolute Gasteiger partial charge is 0.329 e. The van der Waals surface area contributed by atoms with E-state index in [0.29, 0.717) is 6.61 Å². The third-order valence-electron chi connectivity index (χ3n) is 4.35. The van der Waals surface area contributed by atoms with Crippen molar-refractivity contribution in [2.24, 2.45) is 0 Å². The van der Waals surface area contributed by atoms with Crippen molar-refractivity contribution in [2.45, 2.75) is 84.0 Å². The normalized spacial score (nSPS) is 12.9. The van der Waals surface area contributed by atoms with Gasteiger partial charge in [-0.2, -0.15) is 0 Å². The van der Waals surface area contributed by atoms with Gasteiger partial charge in [0.1, 0.15) is 6.54 Å². The summed E-state index contributed by atoms with van der Waals surface area (Å²) in [5, 5.41) is 0. The van der Waals surface area contributed by atoms with E-state index in [2.05, 4.69) is 40.2 Å². The lowest BCUT2D eigenvalue weighted by atomic mass is 10.1. The maximum absolute atomic E-state index is 11.8. The monoisotopic (exact) mass is 373 g/mol. The van der Waals surface area contributed by atoms with E-state index in [1.807, 2.05) is 0 Å². The van der Waals surface area contributed by atoms with Gasteiger partial charge in [-0.1, -0.05) is 57.6 Å². The highest BCUT2D eigenvalue weighted by Gasteiger charge is 2.18. The van der Waals surface area contributed by atoms with Gasteiger partial charge in [0.25, 0.3) is 0 Å². The highest BCUT2D eigenvalue weighted by atomic mass is 31.1. The van der Waals surface area contributed by atoms with Gasteiger partial charge in [-0.3, -0.25) is 0 Å². The van der Waals surface area contributed by atoms with Crippen LogP contribution in [-0.4, -0.2) is 44.9 Å². The first kappa shape index (κ1) is 24.8. The van der Waals surface area contributed by atoms with Crippen LogP contribution in [0.15, 0.2) is 12.2 Å². The molecular weight excluding hydrogens is 329 g/mol. The van der Waals surface area contributed by atoms with Crippen molar-refractivity contribution in [1.29, 1.82) is 0 Å². The molecule has 0 amide bonds. The zero-order valence-corrected chi connectivity index (χ0v) is 18.4. The highest BCUT2D eigenvalue weighted by molar-refractivity contribution is 7.39. The Labute approximate surface area is 158 Å². The molecule has 4 heteroatoms. The molecule has 0 aromatic heterocycles. The van der Waals surface area contributed by atoms with Crippen molar-refractivity contribution in [3.63, 3.8) is 0 Å². The van der Waals surface area contributed by atoms with Crippen LogP contribution in [0.2, 0.25) is 0 Å².